The highest BCUT2D eigenvalue weighted by molar-refractivity contribution is 14.1. The summed E-state index contributed by atoms with van der Waals surface area (Å²) in [5.74, 6) is 2.48. The van der Waals surface area contributed by atoms with Crippen LogP contribution in [0.2, 0.25) is 5.15 Å². The number of aromatic nitrogens is 3. The summed E-state index contributed by atoms with van der Waals surface area (Å²) in [6.07, 6.45) is 3.90. The fraction of sp³-hybridized carbons (Fsp3) is 0.438. The molecule has 7 heteroatoms. The lowest BCUT2D eigenvalue weighted by Crippen LogP contribution is -2.39. The zero-order valence-corrected chi connectivity index (χ0v) is 16.0. The zero-order chi connectivity index (χ0) is 16.4. The maximum absolute atomic E-state index is 6.18. The van der Waals surface area contributed by atoms with Crippen molar-refractivity contribution < 1.29 is 4.74 Å². The van der Waals surface area contributed by atoms with Crippen molar-refractivity contribution >= 4 is 40.0 Å². The molecule has 0 spiro atoms. The first kappa shape index (κ1) is 16.7. The summed E-state index contributed by atoms with van der Waals surface area (Å²) in [5.41, 5.74) is 0.943. The maximum Gasteiger partial charge on any atom is 0.138 e. The largest absolute Gasteiger partial charge is 0.489 e. The fourth-order valence-electron chi connectivity index (χ4n) is 2.70. The van der Waals surface area contributed by atoms with E-state index in [9.17, 15) is 0 Å². The number of nitrogens with zero attached hydrogens (tertiary/aromatic N) is 4. The number of pyridine rings is 1. The van der Waals surface area contributed by atoms with Crippen LogP contribution in [0.3, 0.4) is 0 Å². The lowest BCUT2D eigenvalue weighted by atomic mass is 10.1. The highest BCUT2D eigenvalue weighted by Crippen LogP contribution is 2.27. The SMILES string of the molecule is Cc1nc(Cl)c(C)c(N2CCC(Oc3ccc(I)nc3)CC2)n1. The molecule has 23 heavy (non-hydrogen) atoms. The smallest absolute Gasteiger partial charge is 0.138 e. The Kier molecular flexibility index (Phi) is 5.21. The van der Waals surface area contributed by atoms with E-state index >= 15 is 0 Å². The predicted molar refractivity (Wildman–Crippen MR) is 99.3 cm³/mol. The molecule has 0 atom stereocenters. The molecule has 3 heterocycles. The Morgan fingerprint density at radius 1 is 1.22 bits per heavy atom. The molecule has 2 aromatic heterocycles. The Morgan fingerprint density at radius 3 is 2.61 bits per heavy atom. The van der Waals surface area contributed by atoms with Crippen LogP contribution in [0.4, 0.5) is 5.82 Å². The summed E-state index contributed by atoms with van der Waals surface area (Å²) in [5, 5.41) is 0.538. The second-order valence-corrected chi connectivity index (χ2v) is 7.09. The molecule has 0 aromatic carbocycles. The third-order valence-electron chi connectivity index (χ3n) is 3.92. The summed E-state index contributed by atoms with van der Waals surface area (Å²) in [7, 11) is 0. The van der Waals surface area contributed by atoms with Gasteiger partial charge < -0.3 is 9.64 Å². The summed E-state index contributed by atoms with van der Waals surface area (Å²) >= 11 is 8.37. The van der Waals surface area contributed by atoms with Gasteiger partial charge in [0, 0.05) is 31.5 Å². The number of piperidine rings is 1. The molecular weight excluding hydrogens is 427 g/mol. The molecule has 0 saturated carbocycles. The van der Waals surface area contributed by atoms with Gasteiger partial charge in [0.05, 0.1) is 6.20 Å². The van der Waals surface area contributed by atoms with E-state index in [2.05, 4.69) is 42.4 Å². The summed E-state index contributed by atoms with van der Waals surface area (Å²) in [4.78, 5) is 15.3. The first-order valence-corrected chi connectivity index (χ1v) is 9.02. The van der Waals surface area contributed by atoms with Crippen molar-refractivity contribution in [2.24, 2.45) is 0 Å². The first-order chi connectivity index (χ1) is 11.0. The average Bonchev–Trinajstić information content (AvgIpc) is 2.54. The third-order valence-corrected chi connectivity index (χ3v) is 4.92. The molecule has 0 amide bonds. The highest BCUT2D eigenvalue weighted by atomic mass is 127. The average molecular weight is 445 g/mol. The van der Waals surface area contributed by atoms with Gasteiger partial charge in [0.25, 0.3) is 0 Å². The fourth-order valence-corrected chi connectivity index (χ4v) is 3.22. The lowest BCUT2D eigenvalue weighted by Gasteiger charge is -2.33. The number of aryl methyl sites for hydroxylation is 1. The monoisotopic (exact) mass is 444 g/mol. The van der Waals surface area contributed by atoms with Crippen molar-refractivity contribution in [3.05, 3.63) is 38.6 Å². The number of hydrogen-bond acceptors (Lipinski definition) is 5. The van der Waals surface area contributed by atoms with Gasteiger partial charge in [-0.05, 0) is 48.6 Å². The van der Waals surface area contributed by atoms with Crippen LogP contribution in [0.5, 0.6) is 5.75 Å². The number of halogens is 2. The molecule has 1 aliphatic heterocycles. The second-order valence-electron chi connectivity index (χ2n) is 5.63. The number of hydrogen-bond donors (Lipinski definition) is 0. The van der Waals surface area contributed by atoms with Gasteiger partial charge in [-0.2, -0.15) is 0 Å². The maximum atomic E-state index is 6.18. The van der Waals surface area contributed by atoms with Crippen molar-refractivity contribution in [3.8, 4) is 5.75 Å². The summed E-state index contributed by atoms with van der Waals surface area (Å²) in [6, 6.07) is 3.93. The van der Waals surface area contributed by atoms with E-state index in [1.807, 2.05) is 26.0 Å². The number of ether oxygens (including phenoxy) is 1. The molecule has 0 unspecified atom stereocenters. The van der Waals surface area contributed by atoms with E-state index < -0.39 is 0 Å². The summed E-state index contributed by atoms with van der Waals surface area (Å²) < 4.78 is 6.99. The Morgan fingerprint density at radius 2 is 1.96 bits per heavy atom. The predicted octanol–water partition coefficient (Wildman–Crippen LogP) is 3.79. The second kappa shape index (κ2) is 7.17. The van der Waals surface area contributed by atoms with Crippen LogP contribution in [0.25, 0.3) is 0 Å². The minimum atomic E-state index is 0.215. The van der Waals surface area contributed by atoms with Crippen LogP contribution < -0.4 is 9.64 Å². The Balaban J connectivity index is 1.63. The quantitative estimate of drug-likeness (QED) is 0.409. The molecule has 2 aromatic rings. The standard InChI is InChI=1S/C16H18ClIN4O/c1-10-15(17)20-11(2)21-16(10)22-7-5-12(6-8-22)23-13-3-4-14(18)19-9-13/h3-4,9,12H,5-8H2,1-2H3. The van der Waals surface area contributed by atoms with Crippen molar-refractivity contribution in [2.45, 2.75) is 32.8 Å². The molecule has 1 aliphatic rings. The molecule has 0 aliphatic carbocycles. The number of anilines is 1. The van der Waals surface area contributed by atoms with Crippen LogP contribution >= 0.6 is 34.2 Å². The van der Waals surface area contributed by atoms with Gasteiger partial charge in [-0.15, -0.1) is 0 Å². The van der Waals surface area contributed by atoms with Crippen LogP contribution in [0.1, 0.15) is 24.2 Å². The molecular formula is C16H18ClIN4O. The molecule has 122 valence electrons. The van der Waals surface area contributed by atoms with Gasteiger partial charge in [-0.25, -0.2) is 15.0 Å². The van der Waals surface area contributed by atoms with Gasteiger partial charge in [0.2, 0.25) is 0 Å². The minimum Gasteiger partial charge on any atom is -0.489 e. The van der Waals surface area contributed by atoms with Gasteiger partial charge in [-0.3, -0.25) is 0 Å². The van der Waals surface area contributed by atoms with E-state index in [4.69, 9.17) is 16.3 Å². The topological polar surface area (TPSA) is 51.1 Å². The van der Waals surface area contributed by atoms with Gasteiger partial charge in [0.1, 0.15) is 32.3 Å². The van der Waals surface area contributed by atoms with Crippen LogP contribution in [0.15, 0.2) is 18.3 Å². The van der Waals surface area contributed by atoms with E-state index in [1.165, 1.54) is 0 Å². The zero-order valence-electron chi connectivity index (χ0n) is 13.1. The number of rotatable bonds is 3. The lowest BCUT2D eigenvalue weighted by molar-refractivity contribution is 0.170. The van der Waals surface area contributed by atoms with Crippen molar-refractivity contribution in [2.75, 3.05) is 18.0 Å². The summed E-state index contributed by atoms with van der Waals surface area (Å²) in [6.45, 7) is 5.64. The molecule has 0 radical (unpaired) electrons. The molecule has 1 saturated heterocycles. The van der Waals surface area contributed by atoms with Crippen molar-refractivity contribution in [1.82, 2.24) is 15.0 Å². The van der Waals surface area contributed by atoms with Gasteiger partial charge in [-0.1, -0.05) is 11.6 Å². The molecule has 1 fully saturated rings. The van der Waals surface area contributed by atoms with Crippen LogP contribution in [-0.4, -0.2) is 34.1 Å². The molecule has 5 nitrogen and oxygen atoms in total. The molecule has 3 rings (SSSR count). The van der Waals surface area contributed by atoms with Gasteiger partial charge >= 0.3 is 0 Å². The third kappa shape index (κ3) is 4.03. The Hall–Kier alpha value is -1.15. The molecule has 0 N–H and O–H groups in total. The van der Waals surface area contributed by atoms with E-state index in [-0.39, 0.29) is 6.10 Å². The van der Waals surface area contributed by atoms with E-state index in [1.54, 1.807) is 6.20 Å². The van der Waals surface area contributed by atoms with E-state index in [0.29, 0.717) is 11.0 Å². The minimum absolute atomic E-state index is 0.215. The van der Waals surface area contributed by atoms with Crippen LogP contribution in [0, 0.1) is 17.5 Å². The van der Waals surface area contributed by atoms with Crippen LogP contribution in [-0.2, 0) is 0 Å². The van der Waals surface area contributed by atoms with E-state index in [0.717, 1.165) is 46.8 Å². The Bertz CT molecular complexity index is 687. The van der Waals surface area contributed by atoms with Gasteiger partial charge in [0.15, 0.2) is 0 Å². The molecule has 0 bridgehead atoms. The van der Waals surface area contributed by atoms with Crippen molar-refractivity contribution in [3.63, 3.8) is 0 Å². The normalized spacial score (nSPS) is 15.7. The highest BCUT2D eigenvalue weighted by Gasteiger charge is 2.23. The Labute approximate surface area is 154 Å². The first-order valence-electron chi connectivity index (χ1n) is 7.57. The van der Waals surface area contributed by atoms with Crippen molar-refractivity contribution in [1.29, 1.82) is 0 Å².